The molecular weight excluding hydrogens is 430 g/mol. The first-order valence-corrected chi connectivity index (χ1v) is 11.4. The van der Waals surface area contributed by atoms with Crippen LogP contribution in [-0.2, 0) is 22.6 Å². The van der Waals surface area contributed by atoms with Crippen molar-refractivity contribution < 1.29 is 18.4 Å². The van der Waals surface area contributed by atoms with E-state index in [0.717, 1.165) is 35.7 Å². The smallest absolute Gasteiger partial charge is 0.226 e. The highest BCUT2D eigenvalue weighted by atomic mass is 32.1. The molecule has 3 aromatic rings. The summed E-state index contributed by atoms with van der Waals surface area (Å²) in [5, 5.41) is 4.65. The summed E-state index contributed by atoms with van der Waals surface area (Å²) in [5.41, 5.74) is 2.25. The Bertz CT molecular complexity index is 1120. The number of thiophene rings is 1. The minimum atomic E-state index is -0.582. The van der Waals surface area contributed by atoms with Gasteiger partial charge in [0.05, 0.1) is 6.04 Å². The summed E-state index contributed by atoms with van der Waals surface area (Å²) < 4.78 is 27.1. The highest BCUT2D eigenvalue weighted by Crippen LogP contribution is 2.38. The number of benzene rings is 2. The fraction of sp³-hybridized carbons (Fsp3) is 0.280. The number of carbonyl (C=O) groups excluding carboxylic acids is 2. The molecular formula is C25H24F2N2O2S. The molecule has 0 saturated carbocycles. The third-order valence-electron chi connectivity index (χ3n) is 5.76. The van der Waals surface area contributed by atoms with E-state index in [1.165, 1.54) is 4.88 Å². The summed E-state index contributed by atoms with van der Waals surface area (Å²) in [6, 6.07) is 14.9. The number of hydrogen-bond acceptors (Lipinski definition) is 3. The zero-order valence-electron chi connectivity index (χ0n) is 17.7. The average Bonchev–Trinajstić information content (AvgIpc) is 3.28. The molecule has 1 aromatic heterocycles. The standard InChI is InChI=1S/C25H24F2N2O2S/c1-16(13-23(30)28-15-18-14-19(26)7-8-21(18)27)25(31)29-11-9-22-20(10-12-32-22)24(29)17-5-3-2-4-6-17/h2-8,10,12,14,16,24H,9,11,13,15H2,1H3,(H,28,30). The van der Waals surface area contributed by atoms with Gasteiger partial charge in [-0.15, -0.1) is 11.3 Å². The molecule has 2 aromatic carbocycles. The average molecular weight is 455 g/mol. The van der Waals surface area contributed by atoms with Gasteiger partial charge in [0.2, 0.25) is 11.8 Å². The molecule has 0 bridgehead atoms. The minimum absolute atomic E-state index is 0.0235. The highest BCUT2D eigenvalue weighted by molar-refractivity contribution is 7.10. The second kappa shape index (κ2) is 9.61. The van der Waals surface area contributed by atoms with Crippen LogP contribution in [-0.4, -0.2) is 23.3 Å². The third kappa shape index (κ3) is 4.72. The van der Waals surface area contributed by atoms with E-state index >= 15 is 0 Å². The van der Waals surface area contributed by atoms with Crippen LogP contribution in [0.3, 0.4) is 0 Å². The molecule has 2 amide bonds. The molecule has 4 rings (SSSR count). The van der Waals surface area contributed by atoms with Crippen LogP contribution in [0, 0.1) is 17.6 Å². The topological polar surface area (TPSA) is 49.4 Å². The van der Waals surface area contributed by atoms with E-state index in [4.69, 9.17) is 0 Å². The van der Waals surface area contributed by atoms with E-state index < -0.39 is 17.6 Å². The van der Waals surface area contributed by atoms with Crippen molar-refractivity contribution in [2.45, 2.75) is 32.4 Å². The first-order valence-electron chi connectivity index (χ1n) is 10.6. The fourth-order valence-electron chi connectivity index (χ4n) is 4.14. The van der Waals surface area contributed by atoms with Gasteiger partial charge in [0.25, 0.3) is 0 Å². The van der Waals surface area contributed by atoms with Gasteiger partial charge in [0.1, 0.15) is 11.6 Å². The third-order valence-corrected chi connectivity index (χ3v) is 6.76. The predicted octanol–water partition coefficient (Wildman–Crippen LogP) is 4.84. The lowest BCUT2D eigenvalue weighted by molar-refractivity contribution is -0.139. The zero-order valence-corrected chi connectivity index (χ0v) is 18.5. The van der Waals surface area contributed by atoms with Gasteiger partial charge in [0.15, 0.2) is 0 Å². The van der Waals surface area contributed by atoms with Crippen LogP contribution in [0.5, 0.6) is 0 Å². The number of rotatable bonds is 6. The Morgan fingerprint density at radius 3 is 2.72 bits per heavy atom. The van der Waals surface area contributed by atoms with Crippen LogP contribution in [0.2, 0.25) is 0 Å². The molecule has 2 heterocycles. The van der Waals surface area contributed by atoms with E-state index in [1.807, 2.05) is 35.2 Å². The van der Waals surface area contributed by atoms with Gasteiger partial charge >= 0.3 is 0 Å². The van der Waals surface area contributed by atoms with Crippen LogP contribution in [0.25, 0.3) is 0 Å². The molecule has 7 heteroatoms. The van der Waals surface area contributed by atoms with E-state index in [1.54, 1.807) is 18.3 Å². The van der Waals surface area contributed by atoms with Gasteiger partial charge < -0.3 is 10.2 Å². The molecule has 166 valence electrons. The van der Waals surface area contributed by atoms with Gasteiger partial charge in [-0.25, -0.2) is 8.78 Å². The Hall–Kier alpha value is -3.06. The predicted molar refractivity (Wildman–Crippen MR) is 120 cm³/mol. The lowest BCUT2D eigenvalue weighted by atomic mass is 9.91. The van der Waals surface area contributed by atoms with E-state index in [-0.39, 0.29) is 36.4 Å². The van der Waals surface area contributed by atoms with Crippen molar-refractivity contribution in [2.75, 3.05) is 6.54 Å². The Morgan fingerprint density at radius 2 is 1.94 bits per heavy atom. The SMILES string of the molecule is CC(CC(=O)NCc1cc(F)ccc1F)C(=O)N1CCc2sccc2C1c1ccccc1. The van der Waals surface area contributed by atoms with Gasteiger partial charge in [0, 0.05) is 35.9 Å². The molecule has 32 heavy (non-hydrogen) atoms. The van der Waals surface area contributed by atoms with E-state index in [2.05, 4.69) is 16.8 Å². The molecule has 1 aliphatic rings. The zero-order chi connectivity index (χ0) is 22.7. The molecule has 0 radical (unpaired) electrons. The number of nitrogens with zero attached hydrogens (tertiary/aromatic N) is 1. The summed E-state index contributed by atoms with van der Waals surface area (Å²) in [6.45, 7) is 2.19. The van der Waals surface area contributed by atoms with Crippen molar-refractivity contribution in [2.24, 2.45) is 5.92 Å². The molecule has 0 fully saturated rings. The number of carbonyl (C=O) groups is 2. The molecule has 0 spiro atoms. The molecule has 1 N–H and O–H groups in total. The summed E-state index contributed by atoms with van der Waals surface area (Å²) in [7, 11) is 0. The molecule has 4 nitrogen and oxygen atoms in total. The first-order chi connectivity index (χ1) is 15.4. The van der Waals surface area contributed by atoms with Gasteiger partial charge in [-0.2, -0.15) is 0 Å². The molecule has 1 aliphatic heterocycles. The number of hydrogen-bond donors (Lipinski definition) is 1. The van der Waals surface area contributed by atoms with Crippen LogP contribution in [0.15, 0.2) is 60.0 Å². The molecule has 2 atom stereocenters. The Kier molecular flexibility index (Phi) is 6.65. The fourth-order valence-corrected chi connectivity index (χ4v) is 5.05. The summed E-state index contributed by atoms with van der Waals surface area (Å²) >= 11 is 1.70. The van der Waals surface area contributed by atoms with Crippen molar-refractivity contribution in [3.05, 3.63) is 93.2 Å². The van der Waals surface area contributed by atoms with Gasteiger partial charge in [-0.3, -0.25) is 9.59 Å². The van der Waals surface area contributed by atoms with Crippen molar-refractivity contribution in [1.82, 2.24) is 10.2 Å². The molecule has 2 unspecified atom stereocenters. The van der Waals surface area contributed by atoms with Crippen molar-refractivity contribution >= 4 is 23.2 Å². The summed E-state index contributed by atoms with van der Waals surface area (Å²) in [5.74, 6) is -2.16. The Labute approximate surface area is 189 Å². The largest absolute Gasteiger partial charge is 0.352 e. The quantitative estimate of drug-likeness (QED) is 0.579. The number of halogens is 2. The highest BCUT2D eigenvalue weighted by Gasteiger charge is 2.35. The van der Waals surface area contributed by atoms with Crippen LogP contribution < -0.4 is 5.32 Å². The Morgan fingerprint density at radius 1 is 1.16 bits per heavy atom. The van der Waals surface area contributed by atoms with Gasteiger partial charge in [-0.05, 0) is 47.2 Å². The summed E-state index contributed by atoms with van der Waals surface area (Å²) in [4.78, 5) is 28.9. The van der Waals surface area contributed by atoms with Gasteiger partial charge in [-0.1, -0.05) is 37.3 Å². The Balaban J connectivity index is 1.44. The summed E-state index contributed by atoms with van der Waals surface area (Å²) in [6.07, 6.45) is 0.768. The normalized spacial score (nSPS) is 16.3. The number of fused-ring (bicyclic) bond motifs is 1. The van der Waals surface area contributed by atoms with Crippen molar-refractivity contribution in [1.29, 1.82) is 0 Å². The maximum atomic E-state index is 13.8. The van der Waals surface area contributed by atoms with E-state index in [0.29, 0.717) is 6.54 Å². The molecule has 0 aliphatic carbocycles. The number of amides is 2. The monoisotopic (exact) mass is 454 g/mol. The van der Waals surface area contributed by atoms with Crippen LogP contribution in [0.1, 0.15) is 41.0 Å². The second-order valence-corrected chi connectivity index (χ2v) is 9.01. The molecule has 0 saturated heterocycles. The van der Waals surface area contributed by atoms with Crippen molar-refractivity contribution in [3.8, 4) is 0 Å². The maximum Gasteiger partial charge on any atom is 0.226 e. The van der Waals surface area contributed by atoms with Crippen molar-refractivity contribution in [3.63, 3.8) is 0 Å². The van der Waals surface area contributed by atoms with Crippen LogP contribution >= 0.6 is 11.3 Å². The minimum Gasteiger partial charge on any atom is -0.352 e. The first kappa shape index (κ1) is 22.1. The lowest BCUT2D eigenvalue weighted by Crippen LogP contribution is -2.43. The second-order valence-electron chi connectivity index (χ2n) is 8.01. The van der Waals surface area contributed by atoms with Crippen LogP contribution in [0.4, 0.5) is 8.78 Å². The van der Waals surface area contributed by atoms with E-state index in [9.17, 15) is 18.4 Å². The maximum absolute atomic E-state index is 13.8. The lowest BCUT2D eigenvalue weighted by Gasteiger charge is -2.37. The number of nitrogens with one attached hydrogen (secondary N) is 1.